The molecule has 0 fully saturated rings. The summed E-state index contributed by atoms with van der Waals surface area (Å²) in [5.41, 5.74) is 5.83. The fourth-order valence-corrected chi connectivity index (χ4v) is 4.35. The van der Waals surface area contributed by atoms with Crippen molar-refractivity contribution in [3.63, 3.8) is 0 Å². The molecule has 2 aromatic heterocycles. The molecule has 1 aromatic carbocycles. The van der Waals surface area contributed by atoms with Crippen LogP contribution in [0.1, 0.15) is 47.6 Å². The summed E-state index contributed by atoms with van der Waals surface area (Å²) in [6.45, 7) is 2.85. The number of hydrogen-bond acceptors (Lipinski definition) is 6. The molecule has 0 atom stereocenters. The molecule has 0 amide bonds. The first-order valence-electron chi connectivity index (χ1n) is 11.0. The molecule has 1 N–H and O–H groups in total. The standard InChI is InChI=1S/C25H24N6O/c26-14-17-5-3-6-18(13-17)21-9-4-7-19(28-21)15-31-12-10-22-20(16-31)25(32)30-24(29-22)23-8-1-2-11-27-23/h3-7,9,13H,1-2,8,10-12,15-16H2,(H,29,30,32). The number of pyridine rings is 1. The van der Waals surface area contributed by atoms with Crippen molar-refractivity contribution < 1.29 is 0 Å². The van der Waals surface area contributed by atoms with E-state index in [0.717, 1.165) is 72.7 Å². The number of H-pyrrole nitrogens is 1. The van der Waals surface area contributed by atoms with Crippen LogP contribution in [0, 0.1) is 11.3 Å². The highest BCUT2D eigenvalue weighted by atomic mass is 16.1. The molecule has 5 rings (SSSR count). The first-order valence-corrected chi connectivity index (χ1v) is 11.0. The number of aromatic amines is 1. The lowest BCUT2D eigenvalue weighted by Crippen LogP contribution is -2.36. The Morgan fingerprint density at radius 3 is 2.84 bits per heavy atom. The minimum Gasteiger partial charge on any atom is -0.305 e. The Morgan fingerprint density at radius 2 is 2.00 bits per heavy atom. The number of hydrogen-bond donors (Lipinski definition) is 1. The SMILES string of the molecule is N#Cc1cccc(-c2cccc(CN3CCc4nc(C5=NCCCC5)[nH]c(=O)c4C3)n2)c1. The summed E-state index contributed by atoms with van der Waals surface area (Å²) < 4.78 is 0. The Balaban J connectivity index is 1.34. The fraction of sp³-hybridized carbons (Fsp3) is 0.320. The van der Waals surface area contributed by atoms with E-state index in [-0.39, 0.29) is 5.56 Å². The largest absolute Gasteiger partial charge is 0.305 e. The van der Waals surface area contributed by atoms with E-state index in [0.29, 0.717) is 24.5 Å². The number of aliphatic imine (C=N–C) groups is 1. The molecule has 0 unspecified atom stereocenters. The maximum atomic E-state index is 12.8. The van der Waals surface area contributed by atoms with Crippen molar-refractivity contribution in [2.75, 3.05) is 13.1 Å². The van der Waals surface area contributed by atoms with E-state index in [2.05, 4.69) is 20.9 Å². The fourth-order valence-electron chi connectivity index (χ4n) is 4.35. The van der Waals surface area contributed by atoms with Gasteiger partial charge in [-0.15, -0.1) is 0 Å². The van der Waals surface area contributed by atoms with Crippen molar-refractivity contribution in [2.45, 2.75) is 38.8 Å². The van der Waals surface area contributed by atoms with Gasteiger partial charge in [0.05, 0.1) is 40.0 Å². The van der Waals surface area contributed by atoms with Gasteiger partial charge in [0.2, 0.25) is 0 Å². The van der Waals surface area contributed by atoms with E-state index >= 15 is 0 Å². The molecule has 32 heavy (non-hydrogen) atoms. The molecular formula is C25H24N6O. The van der Waals surface area contributed by atoms with Crippen LogP contribution in [0.5, 0.6) is 0 Å². The topological polar surface area (TPSA) is 98.0 Å². The first kappa shape index (κ1) is 20.3. The Hall–Kier alpha value is -3.63. The van der Waals surface area contributed by atoms with Gasteiger partial charge in [-0.3, -0.25) is 19.7 Å². The monoisotopic (exact) mass is 424 g/mol. The number of fused-ring (bicyclic) bond motifs is 1. The number of benzene rings is 1. The number of aromatic nitrogens is 3. The van der Waals surface area contributed by atoms with Crippen LogP contribution in [0.15, 0.2) is 52.3 Å². The molecular weight excluding hydrogens is 400 g/mol. The van der Waals surface area contributed by atoms with E-state index in [1.165, 1.54) is 0 Å². The van der Waals surface area contributed by atoms with Crippen molar-refractivity contribution >= 4 is 5.71 Å². The molecule has 160 valence electrons. The molecule has 0 bridgehead atoms. The summed E-state index contributed by atoms with van der Waals surface area (Å²) in [6, 6.07) is 15.6. The highest BCUT2D eigenvalue weighted by Crippen LogP contribution is 2.21. The van der Waals surface area contributed by atoms with E-state index < -0.39 is 0 Å². The molecule has 7 nitrogen and oxygen atoms in total. The zero-order chi connectivity index (χ0) is 21.9. The maximum absolute atomic E-state index is 12.8. The lowest BCUT2D eigenvalue weighted by molar-refractivity contribution is 0.239. The second-order valence-electron chi connectivity index (χ2n) is 8.29. The van der Waals surface area contributed by atoms with E-state index in [1.54, 1.807) is 6.07 Å². The molecule has 3 aromatic rings. The van der Waals surface area contributed by atoms with Gasteiger partial charge in [-0.05, 0) is 43.5 Å². The smallest absolute Gasteiger partial charge is 0.255 e. The van der Waals surface area contributed by atoms with Gasteiger partial charge < -0.3 is 4.98 Å². The second-order valence-corrected chi connectivity index (χ2v) is 8.29. The molecule has 0 aliphatic carbocycles. The van der Waals surface area contributed by atoms with Crippen molar-refractivity contribution in [3.8, 4) is 17.3 Å². The van der Waals surface area contributed by atoms with Crippen LogP contribution in [-0.4, -0.2) is 38.7 Å². The van der Waals surface area contributed by atoms with Gasteiger partial charge in [-0.25, -0.2) is 4.98 Å². The summed E-state index contributed by atoms with van der Waals surface area (Å²) >= 11 is 0. The molecule has 0 spiro atoms. The van der Waals surface area contributed by atoms with Gasteiger partial charge in [-0.1, -0.05) is 18.2 Å². The lowest BCUT2D eigenvalue weighted by Gasteiger charge is -2.27. The Bertz CT molecular complexity index is 1290. The third-order valence-corrected chi connectivity index (χ3v) is 6.03. The average Bonchev–Trinajstić information content (AvgIpc) is 2.85. The van der Waals surface area contributed by atoms with Crippen LogP contribution < -0.4 is 5.56 Å². The van der Waals surface area contributed by atoms with Crippen molar-refractivity contribution in [3.05, 3.63) is 81.2 Å². The molecule has 2 aliphatic heterocycles. The minimum atomic E-state index is -0.0574. The van der Waals surface area contributed by atoms with Gasteiger partial charge in [0.1, 0.15) is 0 Å². The summed E-state index contributed by atoms with van der Waals surface area (Å²) in [6.07, 6.45) is 3.82. The Morgan fingerprint density at radius 1 is 1.09 bits per heavy atom. The molecule has 0 radical (unpaired) electrons. The van der Waals surface area contributed by atoms with Crippen LogP contribution in [-0.2, 0) is 19.5 Å². The third-order valence-electron chi connectivity index (χ3n) is 6.03. The first-order chi connectivity index (χ1) is 15.7. The summed E-state index contributed by atoms with van der Waals surface area (Å²) in [4.78, 5) is 32.1. The number of nitriles is 1. The quantitative estimate of drug-likeness (QED) is 0.693. The van der Waals surface area contributed by atoms with E-state index in [4.69, 9.17) is 15.2 Å². The Labute approximate surface area is 186 Å². The van der Waals surface area contributed by atoms with Crippen molar-refractivity contribution in [1.29, 1.82) is 5.26 Å². The van der Waals surface area contributed by atoms with Crippen LogP contribution in [0.2, 0.25) is 0 Å². The van der Waals surface area contributed by atoms with Crippen LogP contribution in [0.4, 0.5) is 0 Å². The highest BCUT2D eigenvalue weighted by Gasteiger charge is 2.23. The summed E-state index contributed by atoms with van der Waals surface area (Å²) in [5.74, 6) is 0.649. The van der Waals surface area contributed by atoms with Crippen molar-refractivity contribution in [1.82, 2.24) is 19.9 Å². The van der Waals surface area contributed by atoms with E-state index in [9.17, 15) is 4.79 Å². The molecule has 2 aliphatic rings. The maximum Gasteiger partial charge on any atom is 0.255 e. The molecule has 0 saturated heterocycles. The third kappa shape index (κ3) is 4.23. The van der Waals surface area contributed by atoms with Crippen LogP contribution >= 0.6 is 0 Å². The van der Waals surface area contributed by atoms with Gasteiger partial charge in [-0.2, -0.15) is 5.26 Å². The van der Waals surface area contributed by atoms with E-state index in [1.807, 2.05) is 36.4 Å². The molecule has 7 heteroatoms. The van der Waals surface area contributed by atoms with Gasteiger partial charge in [0.15, 0.2) is 5.82 Å². The second kappa shape index (κ2) is 8.85. The van der Waals surface area contributed by atoms with Gasteiger partial charge in [0.25, 0.3) is 5.56 Å². The zero-order valence-corrected chi connectivity index (χ0v) is 17.8. The molecule has 4 heterocycles. The van der Waals surface area contributed by atoms with Gasteiger partial charge >= 0.3 is 0 Å². The predicted octanol–water partition coefficient (Wildman–Crippen LogP) is 3.23. The normalized spacial score (nSPS) is 16.2. The van der Waals surface area contributed by atoms with Crippen molar-refractivity contribution in [2.24, 2.45) is 4.99 Å². The van der Waals surface area contributed by atoms with Crippen LogP contribution in [0.25, 0.3) is 11.3 Å². The summed E-state index contributed by atoms with van der Waals surface area (Å²) in [5, 5.41) is 9.16. The highest BCUT2D eigenvalue weighted by molar-refractivity contribution is 5.97. The number of nitrogens with zero attached hydrogens (tertiary/aromatic N) is 5. The predicted molar refractivity (Wildman–Crippen MR) is 122 cm³/mol. The number of nitrogens with one attached hydrogen (secondary N) is 1. The average molecular weight is 425 g/mol. The molecule has 0 saturated carbocycles. The van der Waals surface area contributed by atoms with Gasteiger partial charge in [0, 0.05) is 38.2 Å². The van der Waals surface area contributed by atoms with Crippen LogP contribution in [0.3, 0.4) is 0 Å². The Kier molecular flexibility index (Phi) is 5.61. The zero-order valence-electron chi connectivity index (χ0n) is 17.8. The number of rotatable bonds is 4. The lowest BCUT2D eigenvalue weighted by atomic mass is 10.0. The summed E-state index contributed by atoms with van der Waals surface area (Å²) in [7, 11) is 0. The minimum absolute atomic E-state index is 0.0574.